The first-order valence-corrected chi connectivity index (χ1v) is 8.35. The number of nitrogens with one attached hydrogen (secondary N) is 2. The van der Waals surface area contributed by atoms with E-state index in [9.17, 15) is 9.90 Å². The third-order valence-electron chi connectivity index (χ3n) is 4.78. The molecule has 1 aliphatic rings. The summed E-state index contributed by atoms with van der Waals surface area (Å²) in [7, 11) is 0. The molecule has 0 saturated carbocycles. The second-order valence-corrected chi connectivity index (χ2v) is 6.61. The van der Waals surface area contributed by atoms with Gasteiger partial charge in [-0.3, -0.25) is 0 Å². The topological polar surface area (TPSA) is 77.5 Å². The largest absolute Gasteiger partial charge is 0.388 e. The molecule has 0 spiro atoms. The molecular weight excluding hydrogens is 292 g/mol. The SMILES string of the molecule is CCC(C)C(C)(O)CNC(=O)NC1CCN(c2ccccn2)C1. The standard InChI is InChI=1S/C17H28N4O2/c1-4-13(2)17(3,23)12-19-16(22)20-14-8-10-21(11-14)15-7-5-6-9-18-15/h5-7,9,13-14,23H,4,8,10-12H2,1-3H3,(H2,19,20,22). The van der Waals surface area contributed by atoms with Gasteiger partial charge in [0.05, 0.1) is 5.60 Å². The monoisotopic (exact) mass is 320 g/mol. The summed E-state index contributed by atoms with van der Waals surface area (Å²) < 4.78 is 0. The van der Waals surface area contributed by atoms with Crippen LogP contribution in [0.3, 0.4) is 0 Å². The van der Waals surface area contributed by atoms with Gasteiger partial charge in [0.2, 0.25) is 0 Å². The molecule has 1 fully saturated rings. The Balaban J connectivity index is 1.76. The van der Waals surface area contributed by atoms with Gasteiger partial charge in [0.15, 0.2) is 0 Å². The molecular formula is C17H28N4O2. The lowest BCUT2D eigenvalue weighted by Gasteiger charge is -2.30. The number of carbonyl (C=O) groups is 1. The number of hydrogen-bond acceptors (Lipinski definition) is 4. The number of pyridine rings is 1. The zero-order chi connectivity index (χ0) is 16.9. The normalized spacial score (nSPS) is 21.6. The van der Waals surface area contributed by atoms with E-state index in [0.717, 1.165) is 31.7 Å². The summed E-state index contributed by atoms with van der Waals surface area (Å²) in [6, 6.07) is 5.72. The molecule has 1 aromatic heterocycles. The highest BCUT2D eigenvalue weighted by molar-refractivity contribution is 5.74. The van der Waals surface area contributed by atoms with E-state index in [1.165, 1.54) is 0 Å². The molecule has 3 N–H and O–H groups in total. The van der Waals surface area contributed by atoms with Crippen LogP contribution in [0.4, 0.5) is 10.6 Å². The van der Waals surface area contributed by atoms with Crippen LogP contribution < -0.4 is 15.5 Å². The molecule has 0 aromatic carbocycles. The lowest BCUT2D eigenvalue weighted by Crippen LogP contribution is -2.50. The van der Waals surface area contributed by atoms with Gasteiger partial charge in [0.1, 0.15) is 5.82 Å². The van der Waals surface area contributed by atoms with Crippen LogP contribution in [0.5, 0.6) is 0 Å². The highest BCUT2D eigenvalue weighted by Gasteiger charge is 2.29. The van der Waals surface area contributed by atoms with Crippen molar-refractivity contribution in [3.05, 3.63) is 24.4 Å². The van der Waals surface area contributed by atoms with Crippen LogP contribution in [0.15, 0.2) is 24.4 Å². The van der Waals surface area contributed by atoms with Gasteiger partial charge in [-0.15, -0.1) is 0 Å². The van der Waals surface area contributed by atoms with Crippen molar-refractivity contribution in [1.29, 1.82) is 0 Å². The third-order valence-corrected chi connectivity index (χ3v) is 4.78. The Hall–Kier alpha value is -1.82. The van der Waals surface area contributed by atoms with Crippen LogP contribution in [0.25, 0.3) is 0 Å². The van der Waals surface area contributed by atoms with Gasteiger partial charge in [-0.2, -0.15) is 0 Å². The lowest BCUT2D eigenvalue weighted by atomic mass is 9.89. The molecule has 2 heterocycles. The Bertz CT molecular complexity index is 507. The fourth-order valence-corrected chi connectivity index (χ4v) is 2.74. The fourth-order valence-electron chi connectivity index (χ4n) is 2.74. The summed E-state index contributed by atoms with van der Waals surface area (Å²) in [5, 5.41) is 16.1. The second-order valence-electron chi connectivity index (χ2n) is 6.61. The quantitative estimate of drug-likeness (QED) is 0.746. The first-order valence-electron chi connectivity index (χ1n) is 8.35. The molecule has 1 aromatic rings. The van der Waals surface area contributed by atoms with E-state index in [1.807, 2.05) is 32.0 Å². The van der Waals surface area contributed by atoms with E-state index in [-0.39, 0.29) is 24.5 Å². The van der Waals surface area contributed by atoms with Crippen LogP contribution in [0.2, 0.25) is 0 Å². The highest BCUT2D eigenvalue weighted by Crippen LogP contribution is 2.19. The van der Waals surface area contributed by atoms with Crippen LogP contribution in [-0.2, 0) is 0 Å². The zero-order valence-corrected chi connectivity index (χ0v) is 14.2. The van der Waals surface area contributed by atoms with E-state index >= 15 is 0 Å². The third kappa shape index (κ3) is 4.82. The van der Waals surface area contributed by atoms with Gasteiger partial charge in [-0.05, 0) is 31.4 Å². The second kappa shape index (κ2) is 7.64. The molecule has 0 aliphatic carbocycles. The number of amides is 2. The molecule has 128 valence electrons. The average molecular weight is 320 g/mol. The summed E-state index contributed by atoms with van der Waals surface area (Å²) in [5.41, 5.74) is -0.887. The zero-order valence-electron chi connectivity index (χ0n) is 14.2. The molecule has 2 rings (SSSR count). The summed E-state index contributed by atoms with van der Waals surface area (Å²) in [6.07, 6.45) is 3.55. The molecule has 6 nitrogen and oxygen atoms in total. The highest BCUT2D eigenvalue weighted by atomic mass is 16.3. The predicted octanol–water partition coefficient (Wildman–Crippen LogP) is 1.76. The molecule has 1 saturated heterocycles. The average Bonchev–Trinajstić information content (AvgIpc) is 3.01. The van der Waals surface area contributed by atoms with Crippen molar-refractivity contribution in [2.24, 2.45) is 5.92 Å². The van der Waals surface area contributed by atoms with E-state index in [1.54, 1.807) is 13.1 Å². The van der Waals surface area contributed by atoms with Crippen molar-refractivity contribution >= 4 is 11.8 Å². The van der Waals surface area contributed by atoms with Gasteiger partial charge in [-0.25, -0.2) is 9.78 Å². The summed E-state index contributed by atoms with van der Waals surface area (Å²) in [4.78, 5) is 18.5. The van der Waals surface area contributed by atoms with Crippen LogP contribution in [0, 0.1) is 5.92 Å². The number of nitrogens with zero attached hydrogens (tertiary/aromatic N) is 2. The van der Waals surface area contributed by atoms with Gasteiger partial charge in [0, 0.05) is 31.9 Å². The Morgan fingerprint density at radius 2 is 2.35 bits per heavy atom. The van der Waals surface area contributed by atoms with Crippen molar-refractivity contribution in [1.82, 2.24) is 15.6 Å². The first kappa shape index (κ1) is 17.5. The number of aliphatic hydroxyl groups is 1. The number of urea groups is 1. The summed E-state index contributed by atoms with van der Waals surface area (Å²) in [5.74, 6) is 1.07. The Morgan fingerprint density at radius 1 is 1.57 bits per heavy atom. The van der Waals surface area contributed by atoms with Gasteiger partial charge in [-0.1, -0.05) is 26.3 Å². The minimum absolute atomic E-state index is 0.102. The summed E-state index contributed by atoms with van der Waals surface area (Å²) >= 11 is 0. The minimum atomic E-state index is -0.887. The lowest BCUT2D eigenvalue weighted by molar-refractivity contribution is 0.00785. The van der Waals surface area contributed by atoms with E-state index in [0.29, 0.717) is 0 Å². The maximum Gasteiger partial charge on any atom is 0.315 e. The Morgan fingerprint density at radius 3 is 3.00 bits per heavy atom. The number of carbonyl (C=O) groups excluding carboxylic acids is 1. The number of rotatable bonds is 6. The van der Waals surface area contributed by atoms with Crippen molar-refractivity contribution in [3.63, 3.8) is 0 Å². The maximum atomic E-state index is 12.0. The molecule has 23 heavy (non-hydrogen) atoms. The molecule has 0 bridgehead atoms. The molecule has 3 unspecified atom stereocenters. The van der Waals surface area contributed by atoms with Crippen molar-refractivity contribution in [2.75, 3.05) is 24.5 Å². The Kier molecular flexibility index (Phi) is 5.82. The van der Waals surface area contributed by atoms with Crippen molar-refractivity contribution < 1.29 is 9.90 Å². The van der Waals surface area contributed by atoms with Crippen molar-refractivity contribution in [2.45, 2.75) is 45.3 Å². The Labute approximate surface area is 138 Å². The number of anilines is 1. The van der Waals surface area contributed by atoms with Gasteiger partial charge in [0.25, 0.3) is 0 Å². The smallest absolute Gasteiger partial charge is 0.315 e. The molecule has 6 heteroatoms. The predicted molar refractivity (Wildman–Crippen MR) is 91.5 cm³/mol. The summed E-state index contributed by atoms with van der Waals surface area (Å²) in [6.45, 7) is 7.67. The first-order chi connectivity index (χ1) is 10.9. The molecule has 1 aliphatic heterocycles. The van der Waals surface area contributed by atoms with Crippen LogP contribution in [-0.4, -0.2) is 47.4 Å². The van der Waals surface area contributed by atoms with Gasteiger partial charge >= 0.3 is 6.03 Å². The van der Waals surface area contributed by atoms with E-state index in [2.05, 4.69) is 20.5 Å². The van der Waals surface area contributed by atoms with Crippen LogP contribution >= 0.6 is 0 Å². The minimum Gasteiger partial charge on any atom is -0.388 e. The van der Waals surface area contributed by atoms with Gasteiger partial charge < -0.3 is 20.6 Å². The van der Waals surface area contributed by atoms with Crippen LogP contribution in [0.1, 0.15) is 33.6 Å². The fraction of sp³-hybridized carbons (Fsp3) is 0.647. The number of aromatic nitrogens is 1. The number of hydrogen-bond donors (Lipinski definition) is 3. The van der Waals surface area contributed by atoms with E-state index in [4.69, 9.17) is 0 Å². The maximum absolute atomic E-state index is 12.0. The van der Waals surface area contributed by atoms with E-state index < -0.39 is 5.60 Å². The molecule has 2 amide bonds. The molecule has 3 atom stereocenters. The van der Waals surface area contributed by atoms with Crippen molar-refractivity contribution in [3.8, 4) is 0 Å². The molecule has 0 radical (unpaired) electrons.